The van der Waals surface area contributed by atoms with Crippen molar-refractivity contribution in [1.82, 2.24) is 0 Å². The first-order chi connectivity index (χ1) is 9.37. The Kier molecular flexibility index (Phi) is 4.82. The van der Waals surface area contributed by atoms with E-state index in [1.165, 1.54) is 10.6 Å². The lowest BCUT2D eigenvalue weighted by molar-refractivity contribution is 1.75. The van der Waals surface area contributed by atoms with E-state index in [1.54, 1.807) is 0 Å². The van der Waals surface area contributed by atoms with Gasteiger partial charge in [-0.25, -0.2) is 0 Å². The van der Waals surface area contributed by atoms with Gasteiger partial charge in [-0.3, -0.25) is 0 Å². The molecule has 4 heteroatoms. The third kappa shape index (κ3) is 3.05. The van der Waals surface area contributed by atoms with Crippen LogP contribution < -0.4 is 10.6 Å². The highest BCUT2D eigenvalue weighted by Gasteiger charge is 2.29. The van der Waals surface area contributed by atoms with Gasteiger partial charge in [0.2, 0.25) is 0 Å². The van der Waals surface area contributed by atoms with E-state index in [0.29, 0.717) is 0 Å². The van der Waals surface area contributed by atoms with E-state index in [-0.39, 0.29) is 0 Å². The van der Waals surface area contributed by atoms with Crippen LogP contribution in [0.1, 0.15) is 0 Å². The van der Waals surface area contributed by atoms with Crippen molar-refractivity contribution in [2.45, 2.75) is 0 Å². The summed E-state index contributed by atoms with van der Waals surface area (Å²) in [5.41, 5.74) is 0. The summed E-state index contributed by atoms with van der Waals surface area (Å²) in [4.78, 5) is 0. The molecule has 0 saturated carbocycles. The zero-order valence-electron chi connectivity index (χ0n) is 11.7. The molecule has 0 N–H and O–H groups in total. The average molecular weight is 336 g/mol. The van der Waals surface area contributed by atoms with Crippen LogP contribution in [0, 0.1) is 0 Å². The van der Waals surface area contributed by atoms with Crippen molar-refractivity contribution in [2.75, 3.05) is 13.3 Å². The molecule has 0 heterocycles. The molecule has 0 aliphatic carbocycles. The highest BCUT2D eigenvalue weighted by Crippen LogP contribution is 2.66. The Bertz CT molecular complexity index is 656. The molecule has 0 atom stereocenters. The summed E-state index contributed by atoms with van der Waals surface area (Å²) in [5, 5.41) is 3.46. The van der Waals surface area contributed by atoms with E-state index in [9.17, 15) is 0 Å². The second-order valence-corrected chi connectivity index (χ2v) is 15.8. The largest absolute Gasteiger partial charge is 0.0931 e. The van der Waals surface area contributed by atoms with Crippen LogP contribution in [-0.2, 0) is 23.6 Å². The van der Waals surface area contributed by atoms with Crippen LogP contribution in [0.15, 0.2) is 72.3 Å². The van der Waals surface area contributed by atoms with Gasteiger partial charge in [0.25, 0.3) is 0 Å². The van der Waals surface area contributed by atoms with Gasteiger partial charge in [-0.1, -0.05) is 90.9 Å². The van der Waals surface area contributed by atoms with Crippen molar-refractivity contribution in [2.24, 2.45) is 0 Å². The summed E-state index contributed by atoms with van der Waals surface area (Å²) < 4.78 is 0. The highest BCUT2D eigenvalue weighted by molar-refractivity contribution is 8.32. The van der Waals surface area contributed by atoms with Gasteiger partial charge in [-0.05, 0) is 35.0 Å². The SMILES string of the molecule is C=C(P(C)(C)=S)P(=S)(c1ccccc1)c1ccccc1. The molecule has 0 aromatic heterocycles. The van der Waals surface area contributed by atoms with Gasteiger partial charge < -0.3 is 0 Å². The Balaban J connectivity index is 2.72. The lowest BCUT2D eigenvalue weighted by Crippen LogP contribution is -2.16. The van der Waals surface area contributed by atoms with Gasteiger partial charge >= 0.3 is 0 Å². The van der Waals surface area contributed by atoms with Crippen molar-refractivity contribution >= 4 is 46.3 Å². The van der Waals surface area contributed by atoms with Gasteiger partial charge in [-0.15, -0.1) is 0 Å². The zero-order valence-corrected chi connectivity index (χ0v) is 15.1. The molecular weight excluding hydrogens is 318 g/mol. The molecule has 0 radical (unpaired) electrons. The lowest BCUT2D eigenvalue weighted by Gasteiger charge is -2.29. The fourth-order valence-corrected chi connectivity index (χ4v) is 11.7. The number of hydrogen-bond acceptors (Lipinski definition) is 2. The molecule has 0 fully saturated rings. The second-order valence-electron chi connectivity index (χ2n) is 5.05. The summed E-state index contributed by atoms with van der Waals surface area (Å²) in [5.74, 6) is 0. The third-order valence-corrected chi connectivity index (χ3v) is 13.0. The molecule has 0 bridgehead atoms. The molecule has 0 aliphatic heterocycles. The molecule has 2 rings (SSSR count). The molecule has 0 aliphatic rings. The van der Waals surface area contributed by atoms with Crippen LogP contribution in [0.25, 0.3) is 0 Å². The first kappa shape index (κ1) is 15.9. The van der Waals surface area contributed by atoms with Gasteiger partial charge in [0, 0.05) is 6.04 Å². The van der Waals surface area contributed by atoms with Crippen molar-refractivity contribution < 1.29 is 0 Å². The van der Waals surface area contributed by atoms with Crippen molar-refractivity contribution in [1.29, 1.82) is 0 Å². The van der Waals surface area contributed by atoms with Crippen molar-refractivity contribution in [3.63, 3.8) is 0 Å². The van der Waals surface area contributed by atoms with Gasteiger partial charge in [0.1, 0.15) is 0 Å². The van der Waals surface area contributed by atoms with Gasteiger partial charge in [-0.2, -0.15) is 0 Å². The number of benzene rings is 2. The maximum Gasteiger partial charge on any atom is 0.0385 e. The second kappa shape index (κ2) is 6.08. The van der Waals surface area contributed by atoms with E-state index >= 15 is 0 Å². The van der Waals surface area contributed by atoms with Crippen LogP contribution in [0.2, 0.25) is 0 Å². The van der Waals surface area contributed by atoms with E-state index < -0.39 is 12.1 Å². The summed E-state index contributed by atoms with van der Waals surface area (Å²) in [6.45, 7) is 8.59. The monoisotopic (exact) mass is 336 g/mol. The zero-order chi connectivity index (χ0) is 14.8. The molecule has 0 unspecified atom stereocenters. The standard InChI is InChI=1S/C16H18P2S2/c1-14(17(2,3)19)18(20,15-10-6-4-7-11-15)16-12-8-5-9-13-16/h4-13H,1H2,2-3H3. The summed E-state index contributed by atoms with van der Waals surface area (Å²) >= 11 is 11.9. The fourth-order valence-electron chi connectivity index (χ4n) is 2.06. The van der Waals surface area contributed by atoms with E-state index in [1.807, 2.05) is 36.4 Å². The maximum absolute atomic E-state index is 6.18. The Labute approximate surface area is 131 Å². The van der Waals surface area contributed by atoms with E-state index in [2.05, 4.69) is 44.2 Å². The first-order valence-corrected chi connectivity index (χ1v) is 12.8. The Morgan fingerprint density at radius 1 is 0.800 bits per heavy atom. The summed E-state index contributed by atoms with van der Waals surface area (Å²) in [6, 6.07) is 17.0. The molecule has 2 aromatic rings. The minimum atomic E-state index is -2.05. The Morgan fingerprint density at radius 3 is 1.45 bits per heavy atom. The van der Waals surface area contributed by atoms with Crippen LogP contribution >= 0.6 is 12.1 Å². The van der Waals surface area contributed by atoms with Crippen LogP contribution in [0.5, 0.6) is 0 Å². The van der Waals surface area contributed by atoms with Crippen LogP contribution in [0.4, 0.5) is 0 Å². The summed E-state index contributed by atoms with van der Waals surface area (Å²) in [6.07, 6.45) is 0. The predicted octanol–water partition coefficient (Wildman–Crippen LogP) is 4.33. The molecule has 20 heavy (non-hydrogen) atoms. The summed E-state index contributed by atoms with van der Waals surface area (Å²) in [7, 11) is 0. The molecule has 0 spiro atoms. The lowest BCUT2D eigenvalue weighted by atomic mass is 10.4. The Morgan fingerprint density at radius 2 is 1.15 bits per heavy atom. The van der Waals surface area contributed by atoms with Crippen LogP contribution in [0.3, 0.4) is 0 Å². The smallest absolute Gasteiger partial charge is 0.0385 e. The highest BCUT2D eigenvalue weighted by atomic mass is 32.5. The topological polar surface area (TPSA) is 0 Å². The fraction of sp³-hybridized carbons (Fsp3) is 0.125. The maximum atomic E-state index is 6.18. The predicted molar refractivity (Wildman–Crippen MR) is 102 cm³/mol. The molecule has 0 saturated heterocycles. The molecular formula is C16H18P2S2. The van der Waals surface area contributed by atoms with E-state index in [4.69, 9.17) is 23.6 Å². The quantitative estimate of drug-likeness (QED) is 0.763. The molecule has 104 valence electrons. The third-order valence-electron chi connectivity index (χ3n) is 3.22. The van der Waals surface area contributed by atoms with Gasteiger partial charge in [0.15, 0.2) is 0 Å². The van der Waals surface area contributed by atoms with Crippen molar-refractivity contribution in [3.05, 3.63) is 72.3 Å². The van der Waals surface area contributed by atoms with E-state index in [0.717, 1.165) is 5.06 Å². The van der Waals surface area contributed by atoms with Crippen LogP contribution in [-0.4, -0.2) is 13.3 Å². The normalized spacial score (nSPS) is 12.1. The van der Waals surface area contributed by atoms with Gasteiger partial charge in [0.05, 0.1) is 0 Å². The average Bonchev–Trinajstić information content (AvgIpc) is 2.46. The molecule has 0 nitrogen and oxygen atoms in total. The van der Waals surface area contributed by atoms with Crippen molar-refractivity contribution in [3.8, 4) is 0 Å². The number of rotatable bonds is 4. The molecule has 0 amide bonds. The minimum absolute atomic E-state index is 1.09. The number of hydrogen-bond donors (Lipinski definition) is 0. The first-order valence-electron chi connectivity index (χ1n) is 6.33. The minimum Gasteiger partial charge on any atom is -0.0931 e. The Hall–Kier alpha value is -0.520. The molecule has 2 aromatic carbocycles.